The standard InChI is InChI=1S/C17H20N6/c1-21(2)16-15-7-3-10-22(15)12-13(20-16)14-6-4-11-23(14)17-18-8-5-9-19-17/h3,5,7-10,12,14H,4,6,11H2,1-2H3/t14-/m0/s1. The predicted octanol–water partition coefficient (Wildman–Crippen LogP) is 2.53. The van der Waals surface area contributed by atoms with Crippen LogP contribution in [0.5, 0.6) is 0 Å². The van der Waals surface area contributed by atoms with Gasteiger partial charge in [0.15, 0.2) is 5.82 Å². The molecule has 0 bridgehead atoms. The van der Waals surface area contributed by atoms with Gasteiger partial charge in [0, 0.05) is 45.4 Å². The molecule has 1 aliphatic rings. The third-order valence-electron chi connectivity index (χ3n) is 4.34. The molecule has 0 aliphatic carbocycles. The molecule has 0 unspecified atom stereocenters. The first-order chi connectivity index (χ1) is 11.2. The Hall–Kier alpha value is -2.63. The number of fused-ring (bicyclic) bond motifs is 1. The zero-order chi connectivity index (χ0) is 15.8. The second kappa shape index (κ2) is 5.53. The Balaban J connectivity index is 1.78. The molecule has 0 aromatic carbocycles. The van der Waals surface area contributed by atoms with Crippen LogP contribution in [0.15, 0.2) is 43.0 Å². The van der Waals surface area contributed by atoms with Gasteiger partial charge < -0.3 is 14.2 Å². The average molecular weight is 308 g/mol. The largest absolute Gasteiger partial charge is 0.361 e. The Morgan fingerprint density at radius 2 is 2.00 bits per heavy atom. The number of hydrogen-bond acceptors (Lipinski definition) is 5. The minimum atomic E-state index is 0.225. The molecule has 0 amide bonds. The Kier molecular flexibility index (Phi) is 3.37. The van der Waals surface area contributed by atoms with E-state index in [1.165, 1.54) is 0 Å². The van der Waals surface area contributed by atoms with Gasteiger partial charge in [0.25, 0.3) is 0 Å². The summed E-state index contributed by atoms with van der Waals surface area (Å²) >= 11 is 0. The lowest BCUT2D eigenvalue weighted by Gasteiger charge is -2.25. The van der Waals surface area contributed by atoms with Crippen LogP contribution in [0.4, 0.5) is 11.8 Å². The first-order valence-corrected chi connectivity index (χ1v) is 7.92. The highest BCUT2D eigenvalue weighted by atomic mass is 15.3. The first kappa shape index (κ1) is 14.0. The van der Waals surface area contributed by atoms with Crippen LogP contribution < -0.4 is 9.80 Å². The van der Waals surface area contributed by atoms with Gasteiger partial charge in [-0.25, -0.2) is 15.0 Å². The van der Waals surface area contributed by atoms with Gasteiger partial charge in [-0.3, -0.25) is 0 Å². The van der Waals surface area contributed by atoms with Gasteiger partial charge >= 0.3 is 0 Å². The monoisotopic (exact) mass is 308 g/mol. The molecule has 1 aliphatic heterocycles. The first-order valence-electron chi connectivity index (χ1n) is 7.92. The van der Waals surface area contributed by atoms with Crippen molar-refractivity contribution < 1.29 is 0 Å². The van der Waals surface area contributed by atoms with Crippen molar-refractivity contribution in [3.63, 3.8) is 0 Å². The van der Waals surface area contributed by atoms with E-state index in [1.807, 2.05) is 20.2 Å². The summed E-state index contributed by atoms with van der Waals surface area (Å²) in [4.78, 5) is 18.1. The topological polar surface area (TPSA) is 49.6 Å². The quantitative estimate of drug-likeness (QED) is 0.744. The molecule has 118 valence electrons. The Labute approximate surface area is 135 Å². The van der Waals surface area contributed by atoms with Crippen molar-refractivity contribution in [1.82, 2.24) is 19.4 Å². The van der Waals surface area contributed by atoms with Crippen LogP contribution in [0.3, 0.4) is 0 Å². The van der Waals surface area contributed by atoms with Gasteiger partial charge in [0.05, 0.1) is 17.3 Å². The summed E-state index contributed by atoms with van der Waals surface area (Å²) in [6, 6.07) is 6.23. The molecule has 0 spiro atoms. The Bertz CT molecular complexity index is 810. The SMILES string of the molecule is CN(C)c1nc([C@@H]2CCCN2c2ncccn2)cn2cccc12. The summed E-state index contributed by atoms with van der Waals surface area (Å²) in [5.41, 5.74) is 2.20. The molecule has 6 heteroatoms. The van der Waals surface area contributed by atoms with Gasteiger partial charge in [0.2, 0.25) is 5.95 Å². The van der Waals surface area contributed by atoms with E-state index in [0.29, 0.717) is 0 Å². The molecular formula is C17H20N6. The maximum atomic E-state index is 4.94. The summed E-state index contributed by atoms with van der Waals surface area (Å²) in [7, 11) is 4.07. The molecule has 1 saturated heterocycles. The van der Waals surface area contributed by atoms with Gasteiger partial charge in [-0.05, 0) is 31.0 Å². The highest BCUT2D eigenvalue weighted by Gasteiger charge is 2.30. The number of hydrogen-bond donors (Lipinski definition) is 0. The minimum Gasteiger partial charge on any atom is -0.361 e. The number of anilines is 2. The predicted molar refractivity (Wildman–Crippen MR) is 90.9 cm³/mol. The van der Waals surface area contributed by atoms with Crippen LogP contribution in [0.25, 0.3) is 5.52 Å². The zero-order valence-corrected chi connectivity index (χ0v) is 13.4. The van der Waals surface area contributed by atoms with Crippen LogP contribution in [0.1, 0.15) is 24.6 Å². The molecule has 6 nitrogen and oxygen atoms in total. The van der Waals surface area contributed by atoms with Crippen molar-refractivity contribution in [1.29, 1.82) is 0 Å². The smallest absolute Gasteiger partial charge is 0.225 e. The summed E-state index contributed by atoms with van der Waals surface area (Å²) < 4.78 is 2.15. The van der Waals surface area contributed by atoms with Crippen LogP contribution in [0.2, 0.25) is 0 Å². The van der Waals surface area contributed by atoms with E-state index in [4.69, 9.17) is 4.98 Å². The van der Waals surface area contributed by atoms with E-state index in [9.17, 15) is 0 Å². The fourth-order valence-electron chi connectivity index (χ4n) is 3.29. The lowest BCUT2D eigenvalue weighted by atomic mass is 10.1. The van der Waals surface area contributed by atoms with Crippen LogP contribution in [-0.4, -0.2) is 40.0 Å². The van der Waals surface area contributed by atoms with Crippen molar-refractivity contribution in [2.75, 3.05) is 30.4 Å². The van der Waals surface area contributed by atoms with Gasteiger partial charge in [0.1, 0.15) is 0 Å². The highest BCUT2D eigenvalue weighted by molar-refractivity contribution is 5.69. The van der Waals surface area contributed by atoms with Crippen molar-refractivity contribution in [3.8, 4) is 0 Å². The third-order valence-corrected chi connectivity index (χ3v) is 4.34. The molecule has 3 aromatic rings. The highest BCUT2D eigenvalue weighted by Crippen LogP contribution is 2.34. The molecule has 4 heterocycles. The second-order valence-corrected chi connectivity index (χ2v) is 6.08. The van der Waals surface area contributed by atoms with Crippen molar-refractivity contribution >= 4 is 17.3 Å². The van der Waals surface area contributed by atoms with E-state index < -0.39 is 0 Å². The molecule has 1 fully saturated rings. The van der Waals surface area contributed by atoms with E-state index >= 15 is 0 Å². The summed E-state index contributed by atoms with van der Waals surface area (Å²) in [5, 5.41) is 0. The van der Waals surface area contributed by atoms with E-state index in [0.717, 1.165) is 42.4 Å². The van der Waals surface area contributed by atoms with Gasteiger partial charge in [-0.15, -0.1) is 0 Å². The number of aromatic nitrogens is 4. The van der Waals surface area contributed by atoms with E-state index in [2.05, 4.69) is 48.7 Å². The van der Waals surface area contributed by atoms with Crippen molar-refractivity contribution in [3.05, 3.63) is 48.7 Å². The lowest BCUT2D eigenvalue weighted by molar-refractivity contribution is 0.673. The fourth-order valence-corrected chi connectivity index (χ4v) is 3.29. The second-order valence-electron chi connectivity index (χ2n) is 6.08. The Morgan fingerprint density at radius 1 is 1.17 bits per heavy atom. The molecular weight excluding hydrogens is 288 g/mol. The molecule has 0 radical (unpaired) electrons. The summed E-state index contributed by atoms with van der Waals surface area (Å²) in [6.07, 6.45) is 10.0. The molecule has 3 aromatic heterocycles. The normalized spacial score (nSPS) is 17.8. The summed E-state index contributed by atoms with van der Waals surface area (Å²) in [5.74, 6) is 1.78. The third kappa shape index (κ3) is 2.40. The molecule has 0 saturated carbocycles. The van der Waals surface area contributed by atoms with Crippen LogP contribution in [-0.2, 0) is 0 Å². The van der Waals surface area contributed by atoms with E-state index in [1.54, 1.807) is 12.4 Å². The number of nitrogens with zero attached hydrogens (tertiary/aromatic N) is 6. The van der Waals surface area contributed by atoms with Gasteiger partial charge in [-0.1, -0.05) is 0 Å². The molecule has 0 N–H and O–H groups in total. The van der Waals surface area contributed by atoms with Crippen molar-refractivity contribution in [2.24, 2.45) is 0 Å². The lowest BCUT2D eigenvalue weighted by Crippen LogP contribution is -2.26. The van der Waals surface area contributed by atoms with E-state index in [-0.39, 0.29) is 6.04 Å². The van der Waals surface area contributed by atoms with Crippen molar-refractivity contribution in [2.45, 2.75) is 18.9 Å². The molecule has 23 heavy (non-hydrogen) atoms. The van der Waals surface area contributed by atoms with Gasteiger partial charge in [-0.2, -0.15) is 0 Å². The fraction of sp³-hybridized carbons (Fsp3) is 0.353. The zero-order valence-electron chi connectivity index (χ0n) is 13.4. The number of rotatable bonds is 3. The average Bonchev–Trinajstić information content (AvgIpc) is 3.23. The maximum Gasteiger partial charge on any atom is 0.225 e. The Morgan fingerprint density at radius 3 is 2.78 bits per heavy atom. The summed E-state index contributed by atoms with van der Waals surface area (Å²) in [6.45, 7) is 0.970. The molecule has 1 atom stereocenters. The maximum absolute atomic E-state index is 4.94. The van der Waals surface area contributed by atoms with Crippen LogP contribution in [0, 0.1) is 0 Å². The minimum absolute atomic E-state index is 0.225. The molecule has 4 rings (SSSR count). The van der Waals surface area contributed by atoms with Crippen LogP contribution >= 0.6 is 0 Å².